The number of hydrogen-bond donors (Lipinski definition) is 8. The van der Waals surface area contributed by atoms with Gasteiger partial charge in [0.1, 0.15) is 12.3 Å². The van der Waals surface area contributed by atoms with Gasteiger partial charge in [0.15, 0.2) is 0 Å². The van der Waals surface area contributed by atoms with Gasteiger partial charge in [0.05, 0.1) is 19.0 Å². The monoisotopic (exact) mass is 568 g/mol. The summed E-state index contributed by atoms with van der Waals surface area (Å²) >= 11 is 0. The number of nitrogens with two attached hydrogens (primary N) is 2. The third-order valence-corrected chi connectivity index (χ3v) is 4.73. The van der Waals surface area contributed by atoms with E-state index >= 15 is 0 Å². The van der Waals surface area contributed by atoms with Crippen LogP contribution < -0.4 is 32.4 Å². The number of amides is 3. The third kappa shape index (κ3) is 24.4. The normalized spacial score (nSPS) is 13.1. The lowest BCUT2D eigenvalue weighted by Gasteiger charge is -2.22. The zero-order valence-corrected chi connectivity index (χ0v) is 22.6. The Kier molecular flexibility index (Phi) is 19.2. The number of hydrogen-bond acceptors (Lipinski definition) is 8. The van der Waals surface area contributed by atoms with Gasteiger partial charge >= 0.3 is 11.9 Å². The minimum atomic E-state index is -4.92. The fraction of sp³-hybridized carbons (Fsp3) is 0.714. The molecule has 0 radical (unpaired) electrons. The molecule has 0 fully saturated rings. The first kappa shape index (κ1) is 36.8. The minimum absolute atomic E-state index is 0.0715. The first-order valence-electron chi connectivity index (χ1n) is 11.8. The van der Waals surface area contributed by atoms with Crippen molar-refractivity contribution in [1.29, 1.82) is 0 Å². The van der Waals surface area contributed by atoms with Crippen molar-refractivity contribution in [2.24, 2.45) is 17.4 Å². The fourth-order valence-electron chi connectivity index (χ4n) is 3.02. The third-order valence-electron chi connectivity index (χ3n) is 4.73. The van der Waals surface area contributed by atoms with Gasteiger partial charge in [0.2, 0.25) is 28.1 Å². The summed E-state index contributed by atoms with van der Waals surface area (Å²) in [4.78, 5) is 61.9. The van der Waals surface area contributed by atoms with E-state index in [0.717, 1.165) is 0 Å². The largest absolute Gasteiger partial charge is 0.726 e. The van der Waals surface area contributed by atoms with Crippen molar-refractivity contribution in [1.82, 2.24) is 16.0 Å². The number of carboxylic acid groups (broad SMARTS) is 1. The maximum Gasteiger partial charge on any atom is 0.338 e. The molecule has 10 N–H and O–H groups in total. The Morgan fingerprint density at radius 2 is 1.58 bits per heavy atom. The van der Waals surface area contributed by atoms with Gasteiger partial charge in [-0.1, -0.05) is 20.8 Å². The van der Waals surface area contributed by atoms with E-state index in [2.05, 4.69) is 20.9 Å². The van der Waals surface area contributed by atoms with Crippen LogP contribution in [0, 0.1) is 5.92 Å². The van der Waals surface area contributed by atoms with Gasteiger partial charge in [0, 0.05) is 18.9 Å². The summed E-state index contributed by atoms with van der Waals surface area (Å²) in [6.45, 7) is 5.99. The zero-order valence-electron chi connectivity index (χ0n) is 21.8. The van der Waals surface area contributed by atoms with Gasteiger partial charge in [-0.05, 0) is 31.6 Å². The number of guanidine groups is 1. The SMILES string of the molecule is CCC(CC(=O)O)NC(=O)CCC(=O)NC(CC(C)C)C(=O)NC(C=O)CCC[NH+]=C(N)N.O=S(=O)([O-])O. The molecule has 0 aliphatic heterocycles. The van der Waals surface area contributed by atoms with E-state index in [4.69, 9.17) is 34.1 Å². The second-order valence-electron chi connectivity index (χ2n) is 8.72. The predicted molar refractivity (Wildman–Crippen MR) is 134 cm³/mol. The Morgan fingerprint density at radius 3 is 2.00 bits per heavy atom. The second kappa shape index (κ2) is 19.8. The van der Waals surface area contributed by atoms with E-state index in [1.807, 2.05) is 13.8 Å². The number of carbonyl (C=O) groups excluding carboxylic acids is 4. The molecule has 0 aromatic carbocycles. The quantitative estimate of drug-likeness (QED) is 0.0212. The van der Waals surface area contributed by atoms with E-state index in [9.17, 15) is 24.0 Å². The highest BCUT2D eigenvalue weighted by Crippen LogP contribution is 2.07. The van der Waals surface area contributed by atoms with Crippen LogP contribution in [-0.2, 0) is 34.4 Å². The summed E-state index contributed by atoms with van der Waals surface area (Å²) in [6.07, 6.45) is 1.86. The Hall–Kier alpha value is -3.31. The highest BCUT2D eigenvalue weighted by Gasteiger charge is 2.24. The highest BCUT2D eigenvalue weighted by atomic mass is 32.3. The molecule has 3 atom stereocenters. The summed E-state index contributed by atoms with van der Waals surface area (Å²) in [6, 6.07) is -2.09. The van der Waals surface area contributed by atoms with Crippen LogP contribution in [0.4, 0.5) is 0 Å². The molecular formula is C21H40N6O10S. The molecule has 0 heterocycles. The highest BCUT2D eigenvalue weighted by molar-refractivity contribution is 7.79. The van der Waals surface area contributed by atoms with Crippen molar-refractivity contribution in [2.75, 3.05) is 6.54 Å². The van der Waals surface area contributed by atoms with Crippen molar-refractivity contribution in [3.63, 3.8) is 0 Å². The summed E-state index contributed by atoms with van der Waals surface area (Å²) < 4.78 is 32.8. The van der Waals surface area contributed by atoms with Crippen LogP contribution in [0.5, 0.6) is 0 Å². The number of aliphatic carboxylic acids is 1. The summed E-state index contributed by atoms with van der Waals surface area (Å²) in [7, 11) is -4.92. The van der Waals surface area contributed by atoms with Gasteiger partial charge < -0.3 is 30.4 Å². The van der Waals surface area contributed by atoms with Crippen LogP contribution >= 0.6 is 0 Å². The van der Waals surface area contributed by atoms with Crippen molar-refractivity contribution >= 4 is 46.3 Å². The van der Waals surface area contributed by atoms with Crippen molar-refractivity contribution in [3.8, 4) is 0 Å². The molecule has 0 spiro atoms. The molecule has 0 aromatic heterocycles. The Bertz CT molecular complexity index is 898. The van der Waals surface area contributed by atoms with Gasteiger partial charge in [-0.2, -0.15) is 0 Å². The molecule has 3 amide bonds. The molecule has 17 heteroatoms. The molecular weight excluding hydrogens is 528 g/mol. The number of carbonyl (C=O) groups is 5. The minimum Gasteiger partial charge on any atom is -0.726 e. The molecule has 16 nitrogen and oxygen atoms in total. The summed E-state index contributed by atoms with van der Waals surface area (Å²) in [5.74, 6) is -2.26. The van der Waals surface area contributed by atoms with Crippen LogP contribution in [0.1, 0.15) is 65.7 Å². The lowest BCUT2D eigenvalue weighted by Crippen LogP contribution is -2.78. The molecule has 0 bridgehead atoms. The summed E-state index contributed by atoms with van der Waals surface area (Å²) in [5, 5.41) is 16.7. The average Bonchev–Trinajstić information content (AvgIpc) is 2.76. The van der Waals surface area contributed by atoms with E-state index < -0.39 is 52.2 Å². The van der Waals surface area contributed by atoms with E-state index in [0.29, 0.717) is 38.5 Å². The average molecular weight is 569 g/mol. The molecule has 0 aliphatic carbocycles. The van der Waals surface area contributed by atoms with Crippen LogP contribution in [0.2, 0.25) is 0 Å². The fourth-order valence-corrected chi connectivity index (χ4v) is 3.02. The maximum absolute atomic E-state index is 12.7. The van der Waals surface area contributed by atoms with Crippen molar-refractivity contribution < 1.29 is 51.6 Å². The zero-order chi connectivity index (χ0) is 29.9. The van der Waals surface area contributed by atoms with Crippen LogP contribution in [0.3, 0.4) is 0 Å². The first-order chi connectivity index (χ1) is 17.5. The molecule has 38 heavy (non-hydrogen) atoms. The molecule has 0 saturated heterocycles. The van der Waals surface area contributed by atoms with E-state index in [1.165, 1.54) is 0 Å². The number of carboxylic acids is 1. The van der Waals surface area contributed by atoms with Crippen molar-refractivity contribution in [3.05, 3.63) is 0 Å². The van der Waals surface area contributed by atoms with Crippen LogP contribution in [-0.4, -0.2) is 83.2 Å². The van der Waals surface area contributed by atoms with Crippen LogP contribution in [0.25, 0.3) is 0 Å². The second-order valence-corrected chi connectivity index (χ2v) is 9.58. The van der Waals surface area contributed by atoms with Gasteiger partial charge in [-0.3, -0.25) is 40.2 Å². The molecule has 3 unspecified atom stereocenters. The molecule has 0 saturated carbocycles. The maximum atomic E-state index is 12.7. The number of nitrogens with one attached hydrogen (secondary N) is 4. The lowest BCUT2D eigenvalue weighted by molar-refractivity contribution is -0.459. The van der Waals surface area contributed by atoms with Gasteiger partial charge in [0.25, 0.3) is 0 Å². The standard InChI is InChI=1S/C21H38N6O6.H2O4S/c1-4-14(11-19(31)32)25-17(29)7-8-18(30)27-16(10-13(2)3)20(33)26-15(12-28)6-5-9-24-21(22)23;1-5(2,3)4/h12-16H,4-11H2,1-3H3,(H,25,29)(H,26,33)(H,27,30)(H,31,32)(H4,22,23,24);(H2,1,2,3,4). The molecule has 0 rings (SSSR count). The number of rotatable bonds is 17. The molecule has 0 aromatic rings. The van der Waals surface area contributed by atoms with Crippen molar-refractivity contribution in [2.45, 2.75) is 83.8 Å². The first-order valence-corrected chi connectivity index (χ1v) is 13.2. The Labute approximate surface area is 222 Å². The Morgan fingerprint density at radius 1 is 1.05 bits per heavy atom. The Balaban J connectivity index is 0. The lowest BCUT2D eigenvalue weighted by atomic mass is 10.0. The molecule has 220 valence electrons. The smallest absolute Gasteiger partial charge is 0.338 e. The summed E-state index contributed by atoms with van der Waals surface area (Å²) in [5.41, 5.74) is 10.6. The topological polar surface area (TPSA) is 285 Å². The predicted octanol–water partition coefficient (Wildman–Crippen LogP) is -3.51. The number of aldehydes is 1. The van der Waals surface area contributed by atoms with E-state index in [-0.39, 0.29) is 31.1 Å². The van der Waals surface area contributed by atoms with E-state index in [1.54, 1.807) is 6.92 Å². The molecule has 0 aliphatic rings. The van der Waals surface area contributed by atoms with Crippen LogP contribution in [0.15, 0.2) is 0 Å². The van der Waals surface area contributed by atoms with Gasteiger partial charge in [-0.25, -0.2) is 8.42 Å². The van der Waals surface area contributed by atoms with Gasteiger partial charge in [-0.15, -0.1) is 0 Å².